The van der Waals surface area contributed by atoms with E-state index >= 15 is 0 Å². The number of nitrogens with two attached hydrogens (primary N) is 1. The third-order valence-corrected chi connectivity index (χ3v) is 6.55. The summed E-state index contributed by atoms with van der Waals surface area (Å²) in [6.07, 6.45) is 5.59. The third kappa shape index (κ3) is 11.2. The van der Waals surface area contributed by atoms with E-state index in [1.165, 1.54) is 12.1 Å². The van der Waals surface area contributed by atoms with Crippen LogP contribution in [0.5, 0.6) is 11.5 Å². The monoisotopic (exact) mass is 535 g/mol. The summed E-state index contributed by atoms with van der Waals surface area (Å²) in [5.41, 5.74) is 6.58. The second-order valence-corrected chi connectivity index (χ2v) is 9.76. The van der Waals surface area contributed by atoms with E-state index in [0.29, 0.717) is 18.4 Å². The first kappa shape index (κ1) is 33.1. The molecule has 0 fully saturated rings. The van der Waals surface area contributed by atoms with Gasteiger partial charge < -0.3 is 25.1 Å². The lowest BCUT2D eigenvalue weighted by molar-refractivity contribution is -0.151. The van der Waals surface area contributed by atoms with Crippen LogP contribution in [0.2, 0.25) is 0 Å². The molecule has 0 saturated carbocycles. The van der Waals surface area contributed by atoms with Gasteiger partial charge in [0.25, 0.3) is 0 Å². The zero-order valence-corrected chi connectivity index (χ0v) is 23.5. The Hall–Kier alpha value is -2.94. The molecule has 1 aromatic rings. The smallest absolute Gasteiger partial charge is 0.321 e. The molecule has 4 atom stereocenters. The highest BCUT2D eigenvalue weighted by Crippen LogP contribution is 2.37. The summed E-state index contributed by atoms with van der Waals surface area (Å²) in [5, 5.41) is 9.75. The van der Waals surface area contributed by atoms with Crippen molar-refractivity contribution in [3.8, 4) is 11.5 Å². The lowest BCUT2D eigenvalue weighted by Gasteiger charge is -2.32. The van der Waals surface area contributed by atoms with E-state index in [1.54, 1.807) is 19.9 Å². The number of hydrogen-bond donors (Lipinski definition) is 2. The number of carbonyl (C=O) groups excluding carboxylic acids is 3. The summed E-state index contributed by atoms with van der Waals surface area (Å²) >= 11 is 0. The number of carboxylic acids is 1. The van der Waals surface area contributed by atoms with Crippen LogP contribution in [-0.4, -0.2) is 41.1 Å². The Kier molecular flexibility index (Phi) is 15.3. The number of esters is 3. The molecule has 9 nitrogen and oxygen atoms in total. The average Bonchev–Trinajstić information content (AvgIpc) is 2.87. The Bertz CT molecular complexity index is 916. The Labute approximate surface area is 226 Å². The van der Waals surface area contributed by atoms with Crippen molar-refractivity contribution in [2.75, 3.05) is 0 Å². The van der Waals surface area contributed by atoms with Gasteiger partial charge in [0, 0.05) is 31.1 Å². The fraction of sp³-hybridized carbons (Fsp3) is 0.655. The summed E-state index contributed by atoms with van der Waals surface area (Å²) < 4.78 is 16.6. The summed E-state index contributed by atoms with van der Waals surface area (Å²) in [6.45, 7) is 9.43. The minimum atomic E-state index is -1.33. The maximum absolute atomic E-state index is 12.4. The molecule has 0 aliphatic rings. The summed E-state index contributed by atoms with van der Waals surface area (Å²) in [5.74, 6) is -3.70. The van der Waals surface area contributed by atoms with Gasteiger partial charge in [0.05, 0.1) is 0 Å². The minimum Gasteiger partial charge on any atom is -0.480 e. The molecule has 1 aromatic carbocycles. The van der Waals surface area contributed by atoms with Gasteiger partial charge >= 0.3 is 23.9 Å². The van der Waals surface area contributed by atoms with E-state index < -0.39 is 41.9 Å². The molecule has 0 heterocycles. The number of aliphatic carboxylic acids is 1. The van der Waals surface area contributed by atoms with E-state index in [-0.39, 0.29) is 36.7 Å². The molecule has 9 heteroatoms. The van der Waals surface area contributed by atoms with Crippen LogP contribution in [0.15, 0.2) is 18.2 Å². The second-order valence-electron chi connectivity index (χ2n) is 9.76. The maximum atomic E-state index is 12.4. The molecule has 0 aromatic heterocycles. The third-order valence-electron chi connectivity index (χ3n) is 6.55. The fourth-order valence-electron chi connectivity index (χ4n) is 4.06. The minimum absolute atomic E-state index is 0.0208. The van der Waals surface area contributed by atoms with Crippen LogP contribution < -0.4 is 15.2 Å². The van der Waals surface area contributed by atoms with Crippen molar-refractivity contribution in [1.82, 2.24) is 0 Å². The van der Waals surface area contributed by atoms with Gasteiger partial charge in [-0.2, -0.15) is 0 Å². The SMILES string of the molecule is CCCCCC(=O)OC(C)C(C)C(c1ccc(OC(=O)CCCC)c(OC(=O)CCCC)c1)[C@H](N)C(=O)O. The molecule has 0 aliphatic carbocycles. The van der Waals surface area contributed by atoms with E-state index in [2.05, 4.69) is 0 Å². The molecule has 0 bridgehead atoms. The highest BCUT2D eigenvalue weighted by molar-refractivity contribution is 5.77. The number of unbranched alkanes of at least 4 members (excludes halogenated alkanes) is 4. The number of hydrogen-bond acceptors (Lipinski definition) is 8. The summed E-state index contributed by atoms with van der Waals surface area (Å²) in [7, 11) is 0. The van der Waals surface area contributed by atoms with Gasteiger partial charge in [-0.1, -0.05) is 59.4 Å². The first-order chi connectivity index (χ1) is 18.0. The van der Waals surface area contributed by atoms with Crippen LogP contribution in [0.4, 0.5) is 0 Å². The van der Waals surface area contributed by atoms with Gasteiger partial charge in [0.1, 0.15) is 12.1 Å². The molecule has 0 radical (unpaired) electrons. The number of benzene rings is 1. The van der Waals surface area contributed by atoms with Crippen molar-refractivity contribution in [3.63, 3.8) is 0 Å². The molecule has 0 aliphatic heterocycles. The van der Waals surface area contributed by atoms with E-state index in [4.69, 9.17) is 19.9 Å². The quantitative estimate of drug-likeness (QED) is 0.141. The first-order valence-corrected chi connectivity index (χ1v) is 13.8. The fourth-order valence-corrected chi connectivity index (χ4v) is 4.06. The van der Waals surface area contributed by atoms with Crippen LogP contribution in [0.25, 0.3) is 0 Å². The number of carbonyl (C=O) groups is 4. The van der Waals surface area contributed by atoms with E-state index in [0.717, 1.165) is 32.1 Å². The lowest BCUT2D eigenvalue weighted by Crippen LogP contribution is -2.42. The van der Waals surface area contributed by atoms with Gasteiger partial charge in [-0.25, -0.2) is 0 Å². The van der Waals surface area contributed by atoms with Crippen molar-refractivity contribution in [1.29, 1.82) is 0 Å². The van der Waals surface area contributed by atoms with Gasteiger partial charge in [-0.3, -0.25) is 19.2 Å². The van der Waals surface area contributed by atoms with Gasteiger partial charge in [0.15, 0.2) is 11.5 Å². The largest absolute Gasteiger partial charge is 0.480 e. The van der Waals surface area contributed by atoms with Crippen molar-refractivity contribution in [2.24, 2.45) is 11.7 Å². The predicted molar refractivity (Wildman–Crippen MR) is 144 cm³/mol. The number of ether oxygens (including phenoxy) is 3. The van der Waals surface area contributed by atoms with Crippen LogP contribution in [0.1, 0.15) is 110 Å². The van der Waals surface area contributed by atoms with Crippen molar-refractivity contribution in [3.05, 3.63) is 23.8 Å². The predicted octanol–water partition coefficient (Wildman–Crippen LogP) is 5.52. The summed E-state index contributed by atoms with van der Waals surface area (Å²) in [6, 6.07) is 3.25. The molecule has 1 rings (SSSR count). The summed E-state index contributed by atoms with van der Waals surface area (Å²) in [4.78, 5) is 49.0. The molecular weight excluding hydrogens is 490 g/mol. The lowest BCUT2D eigenvalue weighted by atomic mass is 9.79. The molecule has 3 unspecified atom stereocenters. The number of carboxylic acid groups (broad SMARTS) is 1. The van der Waals surface area contributed by atoms with Gasteiger partial charge in [-0.15, -0.1) is 0 Å². The first-order valence-electron chi connectivity index (χ1n) is 13.8. The molecule has 214 valence electrons. The standard InChI is InChI=1S/C29H45NO8/c1-6-9-12-15-24(31)36-20(5)19(4)27(28(30)29(34)35)21-16-17-22(37-25(32)13-10-7-2)23(18-21)38-26(33)14-11-8-3/h16-20,27-28H,6-15,30H2,1-5H3,(H,34,35)/t19?,20?,27?,28-/m0/s1. The normalized spacial score (nSPS) is 14.2. The van der Waals surface area contributed by atoms with E-state index in [1.807, 2.05) is 20.8 Å². The van der Waals surface area contributed by atoms with Gasteiger partial charge in [0.2, 0.25) is 0 Å². The van der Waals surface area contributed by atoms with Crippen LogP contribution in [0, 0.1) is 5.92 Å². The van der Waals surface area contributed by atoms with Crippen LogP contribution >= 0.6 is 0 Å². The molecule has 0 saturated heterocycles. The van der Waals surface area contributed by atoms with Crippen LogP contribution in [0.3, 0.4) is 0 Å². The molecule has 3 N–H and O–H groups in total. The topological polar surface area (TPSA) is 142 Å². The Morgan fingerprint density at radius 1 is 0.789 bits per heavy atom. The van der Waals surface area contributed by atoms with Crippen molar-refractivity contribution < 1.29 is 38.5 Å². The Morgan fingerprint density at radius 3 is 1.84 bits per heavy atom. The van der Waals surface area contributed by atoms with E-state index in [9.17, 15) is 24.3 Å². The number of rotatable bonds is 18. The molecular formula is C29H45NO8. The Balaban J connectivity index is 3.32. The van der Waals surface area contributed by atoms with Crippen LogP contribution in [-0.2, 0) is 23.9 Å². The average molecular weight is 536 g/mol. The maximum Gasteiger partial charge on any atom is 0.321 e. The van der Waals surface area contributed by atoms with Crippen molar-refractivity contribution in [2.45, 2.75) is 117 Å². The molecule has 0 amide bonds. The zero-order chi connectivity index (χ0) is 28.7. The zero-order valence-electron chi connectivity index (χ0n) is 23.5. The Morgan fingerprint density at radius 2 is 1.32 bits per heavy atom. The second kappa shape index (κ2) is 17.5. The highest BCUT2D eigenvalue weighted by atomic mass is 16.6. The highest BCUT2D eigenvalue weighted by Gasteiger charge is 2.35. The van der Waals surface area contributed by atoms with Gasteiger partial charge in [-0.05, 0) is 43.9 Å². The van der Waals surface area contributed by atoms with Crippen molar-refractivity contribution >= 4 is 23.9 Å². The molecule has 38 heavy (non-hydrogen) atoms. The molecule has 0 spiro atoms.